The Bertz CT molecular complexity index is 1010. The lowest BCUT2D eigenvalue weighted by Gasteiger charge is -2.05. The van der Waals surface area contributed by atoms with Crippen LogP contribution in [0.3, 0.4) is 0 Å². The van der Waals surface area contributed by atoms with Gasteiger partial charge in [-0.25, -0.2) is 4.68 Å². The van der Waals surface area contributed by atoms with Gasteiger partial charge in [0.15, 0.2) is 0 Å². The minimum absolute atomic E-state index is 0.0106. The van der Waals surface area contributed by atoms with Crippen molar-refractivity contribution in [3.63, 3.8) is 0 Å². The maximum absolute atomic E-state index is 12.2. The molecule has 0 saturated carbocycles. The molecule has 3 aromatic rings. The smallest absolute Gasteiger partial charge is 0.312 e. The molecule has 12 heteroatoms. The number of rotatable bonds is 8. The van der Waals surface area contributed by atoms with Crippen molar-refractivity contribution in [3.8, 4) is 0 Å². The highest BCUT2D eigenvalue weighted by molar-refractivity contribution is 6.30. The molecular formula is C16H19ClN8O3. The molecule has 148 valence electrons. The summed E-state index contributed by atoms with van der Waals surface area (Å²) < 4.78 is 4.69. The quantitative estimate of drug-likeness (QED) is 0.345. The third-order valence-electron chi connectivity index (χ3n) is 4.13. The molecule has 3 heterocycles. The lowest BCUT2D eigenvalue weighted by atomic mass is 10.3. The van der Waals surface area contributed by atoms with Gasteiger partial charge in [0.2, 0.25) is 0 Å². The zero-order valence-electron chi connectivity index (χ0n) is 15.4. The van der Waals surface area contributed by atoms with Crippen molar-refractivity contribution < 1.29 is 9.72 Å². The SMILES string of the molecule is Cc1nn(Cn2ccc(C(=O)NCCCn3cc(Cl)cn3)n2)c(C)c1[N+](=O)[O-]. The van der Waals surface area contributed by atoms with Crippen molar-refractivity contribution in [2.45, 2.75) is 33.5 Å². The van der Waals surface area contributed by atoms with Crippen LogP contribution in [0.2, 0.25) is 5.02 Å². The fourth-order valence-corrected chi connectivity index (χ4v) is 2.94. The van der Waals surface area contributed by atoms with Crippen LogP contribution in [-0.2, 0) is 13.2 Å². The van der Waals surface area contributed by atoms with Crippen molar-refractivity contribution in [2.24, 2.45) is 0 Å². The third kappa shape index (κ3) is 4.36. The van der Waals surface area contributed by atoms with Crippen LogP contribution in [0.25, 0.3) is 0 Å². The largest absolute Gasteiger partial charge is 0.351 e. The van der Waals surface area contributed by atoms with E-state index in [0.717, 1.165) is 0 Å². The van der Waals surface area contributed by atoms with Crippen LogP contribution in [0, 0.1) is 24.0 Å². The zero-order valence-corrected chi connectivity index (χ0v) is 16.1. The van der Waals surface area contributed by atoms with E-state index >= 15 is 0 Å². The number of aromatic nitrogens is 6. The molecular weight excluding hydrogens is 388 g/mol. The Morgan fingerprint density at radius 1 is 1.32 bits per heavy atom. The van der Waals surface area contributed by atoms with Crippen molar-refractivity contribution in [1.29, 1.82) is 0 Å². The second-order valence-corrected chi connectivity index (χ2v) is 6.63. The molecule has 0 radical (unpaired) electrons. The van der Waals surface area contributed by atoms with Gasteiger partial charge in [0, 0.05) is 25.5 Å². The van der Waals surface area contributed by atoms with E-state index in [-0.39, 0.29) is 24.0 Å². The summed E-state index contributed by atoms with van der Waals surface area (Å²) in [6.07, 6.45) is 5.60. The van der Waals surface area contributed by atoms with Gasteiger partial charge in [-0.1, -0.05) is 11.6 Å². The summed E-state index contributed by atoms with van der Waals surface area (Å²) in [6.45, 7) is 4.49. The molecule has 0 unspecified atom stereocenters. The summed E-state index contributed by atoms with van der Waals surface area (Å²) in [7, 11) is 0. The molecule has 0 aliphatic heterocycles. The number of halogens is 1. The molecule has 0 fully saturated rings. The average Bonchev–Trinajstić information content (AvgIpc) is 3.32. The van der Waals surface area contributed by atoms with E-state index < -0.39 is 4.92 Å². The highest BCUT2D eigenvalue weighted by Crippen LogP contribution is 2.21. The molecule has 0 atom stereocenters. The summed E-state index contributed by atoms with van der Waals surface area (Å²) in [5.74, 6) is -0.295. The number of carbonyl (C=O) groups is 1. The second kappa shape index (κ2) is 8.21. The highest BCUT2D eigenvalue weighted by Gasteiger charge is 2.22. The summed E-state index contributed by atoms with van der Waals surface area (Å²) in [5.41, 5.74) is 1.02. The minimum atomic E-state index is -0.451. The number of hydrogen-bond acceptors (Lipinski definition) is 6. The first-order valence-electron chi connectivity index (χ1n) is 8.53. The van der Waals surface area contributed by atoms with Crippen molar-refractivity contribution >= 4 is 23.2 Å². The Labute approximate surface area is 165 Å². The molecule has 1 amide bonds. The number of nitrogens with zero attached hydrogens (tertiary/aromatic N) is 7. The number of aryl methyl sites for hydroxylation is 2. The van der Waals surface area contributed by atoms with Gasteiger partial charge in [-0.15, -0.1) is 0 Å². The molecule has 11 nitrogen and oxygen atoms in total. The third-order valence-corrected chi connectivity index (χ3v) is 4.32. The molecule has 1 N–H and O–H groups in total. The molecule has 0 aliphatic rings. The van der Waals surface area contributed by atoms with Crippen LogP contribution in [0.5, 0.6) is 0 Å². The fraction of sp³-hybridized carbons (Fsp3) is 0.375. The van der Waals surface area contributed by atoms with Crippen LogP contribution >= 0.6 is 11.6 Å². The lowest BCUT2D eigenvalue weighted by Crippen LogP contribution is -2.26. The molecule has 28 heavy (non-hydrogen) atoms. The van der Waals surface area contributed by atoms with Crippen molar-refractivity contribution in [3.05, 3.63) is 56.9 Å². The minimum Gasteiger partial charge on any atom is -0.351 e. The highest BCUT2D eigenvalue weighted by atomic mass is 35.5. The monoisotopic (exact) mass is 406 g/mol. The summed E-state index contributed by atoms with van der Waals surface area (Å²) in [4.78, 5) is 22.8. The lowest BCUT2D eigenvalue weighted by molar-refractivity contribution is -0.386. The predicted molar refractivity (Wildman–Crippen MR) is 100 cm³/mol. The van der Waals surface area contributed by atoms with Gasteiger partial charge in [0.1, 0.15) is 23.8 Å². The van der Waals surface area contributed by atoms with Gasteiger partial charge in [0.05, 0.1) is 16.1 Å². The Balaban J connectivity index is 1.54. The first kappa shape index (κ1) is 19.5. The van der Waals surface area contributed by atoms with E-state index in [1.165, 1.54) is 9.36 Å². The van der Waals surface area contributed by atoms with Gasteiger partial charge in [0.25, 0.3) is 5.91 Å². The van der Waals surface area contributed by atoms with E-state index in [1.807, 2.05) is 0 Å². The van der Waals surface area contributed by atoms with E-state index in [0.29, 0.717) is 35.9 Å². The van der Waals surface area contributed by atoms with E-state index in [2.05, 4.69) is 20.6 Å². The number of nitro groups is 1. The first-order valence-corrected chi connectivity index (χ1v) is 8.91. The van der Waals surface area contributed by atoms with Crippen molar-refractivity contribution in [2.75, 3.05) is 6.54 Å². The Hall–Kier alpha value is -3.21. The first-order chi connectivity index (χ1) is 13.3. The molecule has 0 bridgehead atoms. The summed E-state index contributed by atoms with van der Waals surface area (Å²) in [6, 6.07) is 1.59. The maximum Gasteiger partial charge on any atom is 0.312 e. The van der Waals surface area contributed by atoms with Crippen LogP contribution in [0.4, 0.5) is 5.69 Å². The number of nitrogens with one attached hydrogen (secondary N) is 1. The molecule has 3 rings (SSSR count). The fourth-order valence-electron chi connectivity index (χ4n) is 2.78. The van der Waals surface area contributed by atoms with Crippen LogP contribution in [-0.4, -0.2) is 46.7 Å². The second-order valence-electron chi connectivity index (χ2n) is 6.19. The molecule has 0 aromatic carbocycles. The molecule has 0 spiro atoms. The Morgan fingerprint density at radius 3 is 2.75 bits per heavy atom. The number of amides is 1. The van der Waals surface area contributed by atoms with E-state index in [4.69, 9.17) is 11.6 Å². The topological polar surface area (TPSA) is 126 Å². The van der Waals surface area contributed by atoms with Gasteiger partial charge in [-0.05, 0) is 26.3 Å². The van der Waals surface area contributed by atoms with Crippen LogP contribution in [0.1, 0.15) is 28.3 Å². The summed E-state index contributed by atoms with van der Waals surface area (Å²) in [5, 5.41) is 26.9. The zero-order chi connectivity index (χ0) is 20.3. The van der Waals surface area contributed by atoms with Crippen molar-refractivity contribution in [1.82, 2.24) is 34.7 Å². The van der Waals surface area contributed by atoms with Gasteiger partial charge < -0.3 is 5.32 Å². The molecule has 0 saturated heterocycles. The molecule has 0 aliphatic carbocycles. The van der Waals surface area contributed by atoms with E-state index in [9.17, 15) is 14.9 Å². The normalized spacial score (nSPS) is 11.0. The Kier molecular flexibility index (Phi) is 5.73. The number of hydrogen-bond donors (Lipinski definition) is 1. The van der Waals surface area contributed by atoms with Gasteiger partial charge in [-0.2, -0.15) is 15.3 Å². The Morgan fingerprint density at radius 2 is 2.11 bits per heavy atom. The maximum atomic E-state index is 12.2. The van der Waals surface area contributed by atoms with Crippen LogP contribution < -0.4 is 5.32 Å². The average molecular weight is 407 g/mol. The number of carbonyl (C=O) groups excluding carboxylic acids is 1. The predicted octanol–water partition coefficient (Wildman–Crippen LogP) is 1.78. The summed E-state index contributed by atoms with van der Waals surface area (Å²) >= 11 is 5.80. The van der Waals surface area contributed by atoms with Gasteiger partial charge >= 0.3 is 5.69 Å². The standard InChI is InChI=1S/C16H19ClN8O3/c1-11-15(25(27)28)12(2)24(20-11)10-23-7-4-14(21-23)16(26)18-5-3-6-22-9-13(17)8-19-22/h4,7-9H,3,5-6,10H2,1-2H3,(H,18,26). The van der Waals surface area contributed by atoms with Crippen LogP contribution in [0.15, 0.2) is 24.7 Å². The molecule has 3 aromatic heterocycles. The van der Waals surface area contributed by atoms with Gasteiger partial charge in [-0.3, -0.25) is 24.3 Å². The van der Waals surface area contributed by atoms with E-state index in [1.54, 1.807) is 43.2 Å².